The van der Waals surface area contributed by atoms with Crippen LogP contribution < -0.4 is 4.72 Å². The Hall–Kier alpha value is -0.340. The predicted molar refractivity (Wildman–Crippen MR) is 83.3 cm³/mol. The van der Waals surface area contributed by atoms with Gasteiger partial charge in [-0.25, -0.2) is 13.1 Å². The molecule has 0 atom stereocenters. The zero-order valence-electron chi connectivity index (χ0n) is 10.7. The smallest absolute Gasteiger partial charge is 0.310 e. The van der Waals surface area contributed by atoms with Gasteiger partial charge >= 0.3 is 5.97 Å². The second kappa shape index (κ2) is 6.04. The number of carboxylic acids is 1. The molecule has 0 amide bonds. The quantitative estimate of drug-likeness (QED) is 0.771. The fourth-order valence-electron chi connectivity index (χ4n) is 2.16. The van der Waals surface area contributed by atoms with Gasteiger partial charge in [-0.1, -0.05) is 45.6 Å². The summed E-state index contributed by atoms with van der Waals surface area (Å²) in [4.78, 5) is 11.0. The number of hydrogen-bond donors (Lipinski definition) is 2. The lowest BCUT2D eigenvalue weighted by Crippen LogP contribution is -2.47. The summed E-state index contributed by atoms with van der Waals surface area (Å²) in [5.41, 5.74) is -1.03. The van der Waals surface area contributed by atoms with Crippen molar-refractivity contribution < 1.29 is 18.3 Å². The minimum absolute atomic E-state index is 0.0279. The van der Waals surface area contributed by atoms with Gasteiger partial charge in [0.1, 0.15) is 4.90 Å². The van der Waals surface area contributed by atoms with Crippen molar-refractivity contribution in [3.8, 4) is 0 Å². The van der Waals surface area contributed by atoms with Crippen molar-refractivity contribution in [3.63, 3.8) is 0 Å². The zero-order chi connectivity index (χ0) is 15.8. The number of halogens is 3. The van der Waals surface area contributed by atoms with Crippen molar-refractivity contribution in [2.24, 2.45) is 5.41 Å². The van der Waals surface area contributed by atoms with Crippen molar-refractivity contribution in [1.82, 2.24) is 4.72 Å². The summed E-state index contributed by atoms with van der Waals surface area (Å²) in [6.07, 6.45) is 1.67. The first kappa shape index (κ1) is 17.0. The van der Waals surface area contributed by atoms with Gasteiger partial charge in [-0.15, -0.1) is 0 Å². The Morgan fingerprint density at radius 2 is 1.86 bits per heavy atom. The zero-order valence-corrected chi connectivity index (χ0v) is 14.6. The Bertz CT molecular complexity index is 665. The van der Waals surface area contributed by atoms with E-state index in [4.69, 9.17) is 23.2 Å². The monoisotopic (exact) mass is 415 g/mol. The fourth-order valence-corrected chi connectivity index (χ4v) is 5.22. The van der Waals surface area contributed by atoms with Crippen LogP contribution in [0.25, 0.3) is 0 Å². The number of sulfonamides is 1. The number of rotatable bonds is 5. The maximum absolute atomic E-state index is 12.3. The van der Waals surface area contributed by atoms with E-state index in [1.807, 2.05) is 0 Å². The van der Waals surface area contributed by atoms with E-state index in [1.165, 1.54) is 12.1 Å². The number of carboxylic acid groups (broad SMARTS) is 1. The Kier molecular flexibility index (Phi) is 4.90. The molecule has 2 N–H and O–H groups in total. The summed E-state index contributed by atoms with van der Waals surface area (Å²) in [6, 6.07) is 2.83. The summed E-state index contributed by atoms with van der Waals surface area (Å²) < 4.78 is 27.5. The van der Waals surface area contributed by atoms with Crippen LogP contribution in [0, 0.1) is 5.41 Å². The van der Waals surface area contributed by atoms with Gasteiger partial charge in [0, 0.05) is 11.0 Å². The highest BCUT2D eigenvalue weighted by Gasteiger charge is 2.45. The Morgan fingerprint density at radius 1 is 1.33 bits per heavy atom. The SMILES string of the molecule is O=C(O)C1(CNS(=O)(=O)c2c(Cl)cc(Br)cc2Cl)CCC1. The predicted octanol–water partition coefficient (Wildman–Crippen LogP) is 3.29. The molecule has 1 saturated carbocycles. The summed E-state index contributed by atoms with van der Waals surface area (Å²) >= 11 is 15.0. The highest BCUT2D eigenvalue weighted by atomic mass is 79.9. The van der Waals surface area contributed by atoms with Gasteiger partial charge in [0.2, 0.25) is 10.0 Å². The minimum Gasteiger partial charge on any atom is -0.481 e. The highest BCUT2D eigenvalue weighted by Crippen LogP contribution is 2.41. The number of benzene rings is 1. The van der Waals surface area contributed by atoms with Gasteiger partial charge < -0.3 is 5.11 Å². The maximum atomic E-state index is 12.3. The van der Waals surface area contributed by atoms with Crippen LogP contribution in [0.15, 0.2) is 21.5 Å². The van der Waals surface area contributed by atoms with E-state index in [9.17, 15) is 18.3 Å². The third kappa shape index (κ3) is 3.37. The van der Waals surface area contributed by atoms with Crippen LogP contribution in [0.2, 0.25) is 10.0 Å². The molecule has 5 nitrogen and oxygen atoms in total. The van der Waals surface area contributed by atoms with Crippen LogP contribution in [-0.2, 0) is 14.8 Å². The topological polar surface area (TPSA) is 83.5 Å². The average Bonchev–Trinajstić information content (AvgIpc) is 2.24. The minimum atomic E-state index is -3.98. The lowest BCUT2D eigenvalue weighted by atomic mass is 9.69. The van der Waals surface area contributed by atoms with Gasteiger partial charge in [0.05, 0.1) is 15.5 Å². The van der Waals surface area contributed by atoms with Crippen LogP contribution in [0.5, 0.6) is 0 Å². The van der Waals surface area contributed by atoms with Crippen LogP contribution in [0.4, 0.5) is 0 Å². The van der Waals surface area contributed by atoms with Gasteiger partial charge in [0.25, 0.3) is 0 Å². The van der Waals surface area contributed by atoms with Crippen molar-refractivity contribution in [2.75, 3.05) is 6.54 Å². The molecule has 2 rings (SSSR count). The molecule has 0 radical (unpaired) electrons. The molecule has 1 aliphatic carbocycles. The maximum Gasteiger partial charge on any atom is 0.310 e. The van der Waals surface area contributed by atoms with Gasteiger partial charge in [-0.05, 0) is 25.0 Å². The summed E-state index contributed by atoms with van der Waals surface area (Å²) in [6.45, 7) is -0.173. The second-order valence-electron chi connectivity index (χ2n) is 4.96. The van der Waals surface area contributed by atoms with E-state index >= 15 is 0 Å². The lowest BCUT2D eigenvalue weighted by molar-refractivity contribution is -0.153. The average molecular weight is 417 g/mol. The number of carbonyl (C=O) groups is 1. The summed E-state index contributed by atoms with van der Waals surface area (Å²) in [5.74, 6) is -0.996. The first-order valence-electron chi connectivity index (χ1n) is 6.06. The van der Waals surface area contributed by atoms with Crippen molar-refractivity contribution >= 4 is 55.1 Å². The normalized spacial score (nSPS) is 17.3. The molecular weight excluding hydrogens is 405 g/mol. The van der Waals surface area contributed by atoms with E-state index in [0.717, 1.165) is 6.42 Å². The van der Waals surface area contributed by atoms with Crippen molar-refractivity contribution in [1.29, 1.82) is 0 Å². The molecule has 0 unspecified atom stereocenters. The Balaban J connectivity index is 2.26. The largest absolute Gasteiger partial charge is 0.481 e. The molecule has 0 bridgehead atoms. The molecule has 0 aromatic heterocycles. The molecule has 0 saturated heterocycles. The Labute approximate surface area is 140 Å². The van der Waals surface area contributed by atoms with Crippen LogP contribution in [0.3, 0.4) is 0 Å². The first-order valence-corrected chi connectivity index (χ1v) is 9.09. The van der Waals surface area contributed by atoms with Crippen LogP contribution in [0.1, 0.15) is 19.3 Å². The number of hydrogen-bond acceptors (Lipinski definition) is 3. The highest BCUT2D eigenvalue weighted by molar-refractivity contribution is 9.10. The molecular formula is C12H12BrCl2NO4S. The van der Waals surface area contributed by atoms with E-state index < -0.39 is 21.4 Å². The second-order valence-corrected chi connectivity index (χ2v) is 8.40. The van der Waals surface area contributed by atoms with E-state index in [2.05, 4.69) is 20.7 Å². The van der Waals surface area contributed by atoms with E-state index in [1.54, 1.807) is 0 Å². The summed E-state index contributed by atoms with van der Waals surface area (Å²) in [5, 5.41) is 9.15. The lowest BCUT2D eigenvalue weighted by Gasteiger charge is -2.37. The standard InChI is InChI=1S/C12H12BrCl2NO4S/c13-7-4-8(14)10(9(15)5-7)21(19,20)16-6-12(11(17)18)2-1-3-12/h4-5,16H,1-3,6H2,(H,17,18). The third-order valence-electron chi connectivity index (χ3n) is 3.60. The molecule has 0 spiro atoms. The fraction of sp³-hybridized carbons (Fsp3) is 0.417. The molecule has 1 aliphatic rings. The van der Waals surface area contributed by atoms with Gasteiger partial charge in [-0.2, -0.15) is 0 Å². The first-order chi connectivity index (χ1) is 9.68. The van der Waals surface area contributed by atoms with Crippen LogP contribution in [-0.4, -0.2) is 26.0 Å². The molecule has 9 heteroatoms. The molecule has 1 aromatic carbocycles. The molecule has 1 aromatic rings. The molecule has 116 valence electrons. The number of nitrogens with one attached hydrogen (secondary N) is 1. The molecule has 0 heterocycles. The van der Waals surface area contributed by atoms with Crippen molar-refractivity contribution in [2.45, 2.75) is 24.2 Å². The molecule has 21 heavy (non-hydrogen) atoms. The van der Waals surface area contributed by atoms with E-state index in [0.29, 0.717) is 17.3 Å². The van der Waals surface area contributed by atoms with E-state index in [-0.39, 0.29) is 21.5 Å². The van der Waals surface area contributed by atoms with Crippen LogP contribution >= 0.6 is 39.1 Å². The number of aliphatic carboxylic acids is 1. The summed E-state index contributed by atoms with van der Waals surface area (Å²) in [7, 11) is -3.98. The molecule has 0 aliphatic heterocycles. The van der Waals surface area contributed by atoms with Crippen molar-refractivity contribution in [3.05, 3.63) is 26.7 Å². The molecule has 1 fully saturated rings. The van der Waals surface area contributed by atoms with Gasteiger partial charge in [0.15, 0.2) is 0 Å². The van der Waals surface area contributed by atoms with Gasteiger partial charge in [-0.3, -0.25) is 4.79 Å². The Morgan fingerprint density at radius 3 is 2.24 bits per heavy atom. The third-order valence-corrected chi connectivity index (χ3v) is 6.38.